The molecule has 0 bridgehead atoms. The highest BCUT2D eigenvalue weighted by molar-refractivity contribution is 5.98. The largest absolute Gasteiger partial charge is 0.445 e. The second-order valence-electron chi connectivity index (χ2n) is 8.13. The predicted molar refractivity (Wildman–Crippen MR) is 130 cm³/mol. The summed E-state index contributed by atoms with van der Waals surface area (Å²) in [5.41, 5.74) is 5.58. The van der Waals surface area contributed by atoms with Crippen LogP contribution in [0.15, 0.2) is 79.0 Å². The fourth-order valence-electron chi connectivity index (χ4n) is 3.81. The summed E-state index contributed by atoms with van der Waals surface area (Å²) in [7, 11) is 0. The third kappa shape index (κ3) is 5.60. The average Bonchev–Trinajstić information content (AvgIpc) is 3.22. The lowest BCUT2D eigenvalue weighted by molar-refractivity contribution is -0.118. The van der Waals surface area contributed by atoms with E-state index in [1.165, 1.54) is 0 Å². The molecule has 0 unspecified atom stereocenters. The maximum atomic E-state index is 13.2. The van der Waals surface area contributed by atoms with Crippen molar-refractivity contribution in [2.45, 2.75) is 32.9 Å². The number of aromatic amines is 1. The summed E-state index contributed by atoms with van der Waals surface area (Å²) in [6.45, 7) is 4.08. The van der Waals surface area contributed by atoms with Gasteiger partial charge in [-0.3, -0.25) is 4.79 Å². The number of aromatic nitrogens is 1. The third-order valence-corrected chi connectivity index (χ3v) is 5.56. The van der Waals surface area contributed by atoms with Crippen molar-refractivity contribution >= 4 is 28.6 Å². The van der Waals surface area contributed by atoms with Crippen LogP contribution in [0.4, 0.5) is 10.5 Å². The minimum absolute atomic E-state index is 0.130. The van der Waals surface area contributed by atoms with Gasteiger partial charge in [0.2, 0.25) is 5.91 Å². The zero-order valence-electron chi connectivity index (χ0n) is 18.7. The minimum Gasteiger partial charge on any atom is -0.445 e. The standard InChI is InChI=1S/C27H27N3O3/c1-18-12-13-23(19(2)14-18)29-26(31)25(15-21-16-28-24-11-7-6-10-22(21)24)30-27(32)33-17-20-8-4-3-5-9-20/h3-14,16,25,28H,15,17H2,1-2H3,(H,29,31)(H,30,32)/t25-/m0/s1. The first-order chi connectivity index (χ1) is 16.0. The van der Waals surface area contributed by atoms with E-state index < -0.39 is 12.1 Å². The molecule has 6 nitrogen and oxygen atoms in total. The Balaban J connectivity index is 1.51. The quantitative estimate of drug-likeness (QED) is 0.366. The van der Waals surface area contributed by atoms with Gasteiger partial charge in [-0.1, -0.05) is 66.2 Å². The predicted octanol–water partition coefficient (Wildman–Crippen LogP) is 5.26. The van der Waals surface area contributed by atoms with E-state index in [1.807, 2.05) is 92.8 Å². The van der Waals surface area contributed by atoms with Crippen molar-refractivity contribution < 1.29 is 14.3 Å². The molecule has 0 saturated heterocycles. The molecule has 0 saturated carbocycles. The van der Waals surface area contributed by atoms with Crippen molar-refractivity contribution in [3.63, 3.8) is 0 Å². The van der Waals surface area contributed by atoms with Crippen molar-refractivity contribution in [3.05, 3.63) is 101 Å². The Hall–Kier alpha value is -4.06. The average molecular weight is 442 g/mol. The Morgan fingerprint density at radius 1 is 0.970 bits per heavy atom. The van der Waals surface area contributed by atoms with Gasteiger partial charge in [-0.05, 0) is 42.7 Å². The smallest absolute Gasteiger partial charge is 0.408 e. The summed E-state index contributed by atoms with van der Waals surface area (Å²) in [5, 5.41) is 6.73. The number of hydrogen-bond donors (Lipinski definition) is 3. The van der Waals surface area contributed by atoms with Gasteiger partial charge in [0, 0.05) is 29.2 Å². The maximum absolute atomic E-state index is 13.2. The van der Waals surface area contributed by atoms with Crippen LogP contribution in [-0.4, -0.2) is 23.0 Å². The van der Waals surface area contributed by atoms with Crippen LogP contribution < -0.4 is 10.6 Å². The lowest BCUT2D eigenvalue weighted by Crippen LogP contribution is -2.45. The molecule has 33 heavy (non-hydrogen) atoms. The van der Waals surface area contributed by atoms with Crippen LogP contribution in [0.2, 0.25) is 0 Å². The summed E-state index contributed by atoms with van der Waals surface area (Å²) in [6, 6.07) is 22.3. The zero-order chi connectivity index (χ0) is 23.2. The number of carbonyl (C=O) groups excluding carboxylic acids is 2. The number of H-pyrrole nitrogens is 1. The molecular formula is C27H27N3O3. The molecule has 0 spiro atoms. The Labute approximate surface area is 193 Å². The van der Waals surface area contributed by atoms with E-state index in [1.54, 1.807) is 0 Å². The first-order valence-electron chi connectivity index (χ1n) is 10.9. The summed E-state index contributed by atoms with van der Waals surface area (Å²) in [4.78, 5) is 29.0. The topological polar surface area (TPSA) is 83.2 Å². The Morgan fingerprint density at radius 2 is 1.73 bits per heavy atom. The van der Waals surface area contributed by atoms with E-state index in [9.17, 15) is 9.59 Å². The maximum Gasteiger partial charge on any atom is 0.408 e. The van der Waals surface area contributed by atoms with Gasteiger partial charge >= 0.3 is 6.09 Å². The van der Waals surface area contributed by atoms with Crippen molar-refractivity contribution in [1.29, 1.82) is 0 Å². The number of nitrogens with one attached hydrogen (secondary N) is 3. The zero-order valence-corrected chi connectivity index (χ0v) is 18.7. The van der Waals surface area contributed by atoms with Crippen LogP contribution in [-0.2, 0) is 22.6 Å². The number of anilines is 1. The Bertz CT molecular complexity index is 1260. The molecule has 0 fully saturated rings. The van der Waals surface area contributed by atoms with Gasteiger partial charge in [-0.2, -0.15) is 0 Å². The lowest BCUT2D eigenvalue weighted by atomic mass is 10.0. The summed E-state index contributed by atoms with van der Waals surface area (Å²) in [5.74, 6) is -0.302. The second-order valence-corrected chi connectivity index (χ2v) is 8.13. The molecule has 1 aromatic heterocycles. The van der Waals surface area contributed by atoms with Crippen LogP contribution in [0.25, 0.3) is 10.9 Å². The number of para-hydroxylation sites is 1. The van der Waals surface area contributed by atoms with Gasteiger partial charge < -0.3 is 20.4 Å². The van der Waals surface area contributed by atoms with Gasteiger partial charge in [-0.25, -0.2) is 4.79 Å². The molecular weight excluding hydrogens is 414 g/mol. The van der Waals surface area contributed by atoms with E-state index in [4.69, 9.17) is 4.74 Å². The van der Waals surface area contributed by atoms with Gasteiger partial charge in [-0.15, -0.1) is 0 Å². The molecule has 0 aliphatic rings. The molecule has 4 aromatic rings. The summed E-state index contributed by atoms with van der Waals surface area (Å²) in [6.07, 6.45) is 1.56. The fraction of sp³-hybridized carbons (Fsp3) is 0.185. The molecule has 0 aliphatic heterocycles. The van der Waals surface area contributed by atoms with Crippen molar-refractivity contribution in [1.82, 2.24) is 10.3 Å². The van der Waals surface area contributed by atoms with E-state index in [0.717, 1.165) is 33.2 Å². The molecule has 168 valence electrons. The van der Waals surface area contributed by atoms with Crippen LogP contribution >= 0.6 is 0 Å². The molecule has 0 aliphatic carbocycles. The number of benzene rings is 3. The molecule has 0 radical (unpaired) electrons. The third-order valence-electron chi connectivity index (χ3n) is 5.56. The van der Waals surface area contributed by atoms with Gasteiger partial charge in [0.15, 0.2) is 0 Å². The fourth-order valence-corrected chi connectivity index (χ4v) is 3.81. The van der Waals surface area contributed by atoms with Crippen LogP contribution in [0.1, 0.15) is 22.3 Å². The van der Waals surface area contributed by atoms with Crippen LogP contribution in [0, 0.1) is 13.8 Å². The van der Waals surface area contributed by atoms with E-state index in [2.05, 4.69) is 15.6 Å². The van der Waals surface area contributed by atoms with Crippen molar-refractivity contribution in [2.24, 2.45) is 0 Å². The number of alkyl carbamates (subject to hydrolysis) is 1. The Kier molecular flexibility index (Phi) is 6.74. The summed E-state index contributed by atoms with van der Waals surface area (Å²) < 4.78 is 5.37. The van der Waals surface area contributed by atoms with Gasteiger partial charge in [0.05, 0.1) is 0 Å². The molecule has 4 rings (SSSR count). The SMILES string of the molecule is Cc1ccc(NC(=O)[C@H](Cc2c[nH]c3ccccc23)NC(=O)OCc2ccccc2)c(C)c1. The second kappa shape index (κ2) is 10.0. The number of carbonyl (C=O) groups is 2. The normalized spacial score (nSPS) is 11.7. The minimum atomic E-state index is -0.812. The molecule has 2 amide bonds. The van der Waals surface area contributed by atoms with Crippen molar-refractivity contribution in [2.75, 3.05) is 5.32 Å². The van der Waals surface area contributed by atoms with Crippen LogP contribution in [0.5, 0.6) is 0 Å². The van der Waals surface area contributed by atoms with Crippen LogP contribution in [0.3, 0.4) is 0 Å². The Morgan fingerprint density at radius 3 is 2.52 bits per heavy atom. The molecule has 3 aromatic carbocycles. The number of hydrogen-bond acceptors (Lipinski definition) is 3. The highest BCUT2D eigenvalue weighted by Crippen LogP contribution is 2.21. The van der Waals surface area contributed by atoms with Gasteiger partial charge in [0.1, 0.15) is 12.6 Å². The first-order valence-corrected chi connectivity index (χ1v) is 10.9. The number of fused-ring (bicyclic) bond motifs is 1. The molecule has 1 heterocycles. The molecule has 1 atom stereocenters. The lowest BCUT2D eigenvalue weighted by Gasteiger charge is -2.19. The van der Waals surface area contributed by atoms with Gasteiger partial charge in [0.25, 0.3) is 0 Å². The van der Waals surface area contributed by atoms with E-state index >= 15 is 0 Å². The van der Waals surface area contributed by atoms with E-state index in [0.29, 0.717) is 12.1 Å². The highest BCUT2D eigenvalue weighted by Gasteiger charge is 2.24. The monoisotopic (exact) mass is 441 g/mol. The summed E-state index contributed by atoms with van der Waals surface area (Å²) >= 11 is 0. The van der Waals surface area contributed by atoms with E-state index in [-0.39, 0.29) is 12.5 Å². The first kappa shape index (κ1) is 22.1. The number of aryl methyl sites for hydroxylation is 2. The number of ether oxygens (including phenoxy) is 1. The molecule has 6 heteroatoms. The number of rotatable bonds is 7. The number of amides is 2. The molecule has 3 N–H and O–H groups in total. The van der Waals surface area contributed by atoms with Crippen molar-refractivity contribution in [3.8, 4) is 0 Å². The highest BCUT2D eigenvalue weighted by atomic mass is 16.5.